The van der Waals surface area contributed by atoms with E-state index in [1.54, 1.807) is 0 Å². The van der Waals surface area contributed by atoms with E-state index < -0.39 is 9.84 Å². The molecule has 0 aliphatic heterocycles. The van der Waals surface area contributed by atoms with E-state index in [9.17, 15) is 8.42 Å². The Kier molecular flexibility index (Phi) is 6.58. The van der Waals surface area contributed by atoms with Crippen LogP contribution in [0.3, 0.4) is 0 Å². The zero-order chi connectivity index (χ0) is 13.7. The van der Waals surface area contributed by atoms with E-state index in [1.165, 1.54) is 6.26 Å². The number of hydrogen-bond acceptors (Lipinski definition) is 4. The molecule has 0 rings (SSSR count). The quantitative estimate of drug-likeness (QED) is 0.674. The summed E-state index contributed by atoms with van der Waals surface area (Å²) in [6.07, 6.45) is 3.15. The maximum Gasteiger partial charge on any atom is 0.148 e. The van der Waals surface area contributed by atoms with Crippen LogP contribution in [0.15, 0.2) is 0 Å². The average Bonchev–Trinajstić information content (AvgIpc) is 2.13. The number of hydrogen-bond donors (Lipinski definition) is 1. The van der Waals surface area contributed by atoms with Crippen molar-refractivity contribution in [1.29, 1.82) is 0 Å². The van der Waals surface area contributed by atoms with Crippen molar-refractivity contribution < 1.29 is 8.42 Å². The minimum atomic E-state index is -2.87. The minimum Gasteiger partial charge on any atom is -0.393 e. The summed E-state index contributed by atoms with van der Waals surface area (Å²) >= 11 is 5.00. The van der Waals surface area contributed by atoms with E-state index in [2.05, 4.69) is 0 Å². The van der Waals surface area contributed by atoms with Gasteiger partial charge < -0.3 is 10.6 Å². The lowest BCUT2D eigenvalue weighted by Gasteiger charge is -2.24. The molecule has 0 fully saturated rings. The summed E-state index contributed by atoms with van der Waals surface area (Å²) in [4.78, 5) is 2.56. The van der Waals surface area contributed by atoms with Gasteiger partial charge >= 0.3 is 0 Å². The van der Waals surface area contributed by atoms with Crippen molar-refractivity contribution in [1.82, 2.24) is 4.90 Å². The number of nitrogens with two attached hydrogens (primary N) is 1. The lowest BCUT2D eigenvalue weighted by atomic mass is 9.88. The second kappa shape index (κ2) is 6.66. The second-order valence-electron chi connectivity index (χ2n) is 5.28. The van der Waals surface area contributed by atoms with Gasteiger partial charge in [-0.15, -0.1) is 0 Å². The Morgan fingerprint density at radius 3 is 2.29 bits per heavy atom. The topological polar surface area (TPSA) is 63.4 Å². The van der Waals surface area contributed by atoms with Gasteiger partial charge in [-0.3, -0.25) is 0 Å². The van der Waals surface area contributed by atoms with E-state index in [0.717, 1.165) is 19.4 Å². The van der Waals surface area contributed by atoms with Gasteiger partial charge in [-0.2, -0.15) is 0 Å². The van der Waals surface area contributed by atoms with Gasteiger partial charge in [0.2, 0.25) is 0 Å². The lowest BCUT2D eigenvalue weighted by molar-refractivity contribution is 0.322. The van der Waals surface area contributed by atoms with E-state index in [4.69, 9.17) is 18.0 Å². The molecule has 0 heterocycles. The molecule has 0 bridgehead atoms. The summed E-state index contributed by atoms with van der Waals surface area (Å²) in [6, 6.07) is 0. The molecule has 0 saturated heterocycles. The summed E-state index contributed by atoms with van der Waals surface area (Å²) in [7, 11) is -0.939. The van der Waals surface area contributed by atoms with Crippen LogP contribution >= 0.6 is 12.2 Å². The largest absolute Gasteiger partial charge is 0.393 e. The fraction of sp³-hybridized carbons (Fsp3) is 0.909. The Bertz CT molecular complexity index is 350. The number of thiocarbonyl (C=S) groups is 1. The maximum absolute atomic E-state index is 11.0. The predicted molar refractivity (Wildman–Crippen MR) is 77.0 cm³/mol. The van der Waals surface area contributed by atoms with Crippen LogP contribution in [-0.2, 0) is 9.84 Å². The third kappa shape index (κ3) is 8.51. The number of nitrogens with zero attached hydrogens (tertiary/aromatic N) is 1. The predicted octanol–water partition coefficient (Wildman–Crippen LogP) is 1.06. The molecule has 0 aromatic rings. The SMILES string of the molecule is CN(CCCC(C)(C)C(N)=S)CCS(C)(=O)=O. The van der Waals surface area contributed by atoms with Crippen LogP contribution < -0.4 is 5.73 Å². The number of sulfone groups is 1. The zero-order valence-electron chi connectivity index (χ0n) is 11.2. The van der Waals surface area contributed by atoms with Gasteiger partial charge in [0.05, 0.1) is 10.7 Å². The maximum atomic E-state index is 11.0. The fourth-order valence-electron chi connectivity index (χ4n) is 1.35. The first-order chi connectivity index (χ1) is 7.54. The molecule has 0 aliphatic carbocycles. The third-order valence-electron chi connectivity index (χ3n) is 2.85. The molecular formula is C11H24N2O2S2. The van der Waals surface area contributed by atoms with Crippen LogP contribution in [0.2, 0.25) is 0 Å². The van der Waals surface area contributed by atoms with Crippen molar-refractivity contribution in [3.8, 4) is 0 Å². The van der Waals surface area contributed by atoms with Crippen LogP contribution in [0.4, 0.5) is 0 Å². The van der Waals surface area contributed by atoms with Crippen LogP contribution in [0, 0.1) is 5.41 Å². The molecule has 6 heteroatoms. The van der Waals surface area contributed by atoms with Crippen LogP contribution in [0.25, 0.3) is 0 Å². The average molecular weight is 280 g/mol. The van der Waals surface area contributed by atoms with Gasteiger partial charge in [0.25, 0.3) is 0 Å². The Morgan fingerprint density at radius 2 is 1.88 bits per heavy atom. The summed E-state index contributed by atoms with van der Waals surface area (Å²) in [6.45, 7) is 5.51. The van der Waals surface area contributed by atoms with Crippen LogP contribution in [0.1, 0.15) is 26.7 Å². The Labute approximate surface area is 110 Å². The van der Waals surface area contributed by atoms with Gasteiger partial charge in [0, 0.05) is 18.2 Å². The highest BCUT2D eigenvalue weighted by Gasteiger charge is 2.20. The zero-order valence-corrected chi connectivity index (χ0v) is 12.8. The van der Waals surface area contributed by atoms with Crippen molar-refractivity contribution in [2.24, 2.45) is 11.1 Å². The molecule has 0 atom stereocenters. The Hall–Kier alpha value is -0.200. The first-order valence-electron chi connectivity index (χ1n) is 5.71. The lowest BCUT2D eigenvalue weighted by Crippen LogP contribution is -2.31. The molecule has 0 amide bonds. The fourth-order valence-corrected chi connectivity index (χ4v) is 2.09. The normalized spacial score (nSPS) is 13.0. The minimum absolute atomic E-state index is 0.118. The molecule has 0 aromatic carbocycles. The molecule has 0 aromatic heterocycles. The molecule has 2 N–H and O–H groups in total. The Morgan fingerprint density at radius 1 is 1.35 bits per heavy atom. The molecular weight excluding hydrogens is 256 g/mol. The first-order valence-corrected chi connectivity index (χ1v) is 8.18. The summed E-state index contributed by atoms with van der Waals surface area (Å²) in [5.74, 6) is 0.211. The summed E-state index contributed by atoms with van der Waals surface area (Å²) in [5.41, 5.74) is 5.52. The molecule has 4 nitrogen and oxygen atoms in total. The molecule has 0 saturated carbocycles. The van der Waals surface area contributed by atoms with Gasteiger partial charge in [0.15, 0.2) is 0 Å². The highest BCUT2D eigenvalue weighted by atomic mass is 32.2. The van der Waals surface area contributed by atoms with Gasteiger partial charge in [0.1, 0.15) is 9.84 Å². The molecule has 17 heavy (non-hydrogen) atoms. The highest BCUT2D eigenvalue weighted by Crippen LogP contribution is 2.22. The monoisotopic (exact) mass is 280 g/mol. The highest BCUT2D eigenvalue weighted by molar-refractivity contribution is 7.90. The summed E-state index contributed by atoms with van der Waals surface area (Å²) in [5, 5.41) is 0. The molecule has 0 unspecified atom stereocenters. The Balaban J connectivity index is 3.87. The van der Waals surface area contributed by atoms with Crippen LogP contribution in [0.5, 0.6) is 0 Å². The molecule has 0 aliphatic rings. The van der Waals surface area contributed by atoms with Gasteiger partial charge in [-0.05, 0) is 26.4 Å². The number of rotatable bonds is 8. The van der Waals surface area contributed by atoms with Crippen LogP contribution in [-0.4, -0.2) is 50.5 Å². The van der Waals surface area contributed by atoms with Crippen molar-refractivity contribution >= 4 is 27.0 Å². The van der Waals surface area contributed by atoms with Crippen molar-refractivity contribution in [3.63, 3.8) is 0 Å². The molecule has 102 valence electrons. The standard InChI is InChI=1S/C11H24N2O2S2/c1-11(2,10(12)16)6-5-7-13(3)8-9-17(4,14)15/h5-9H2,1-4H3,(H2,12,16). The smallest absolute Gasteiger partial charge is 0.148 e. The van der Waals surface area contributed by atoms with Crippen molar-refractivity contribution in [2.75, 3.05) is 32.1 Å². The van der Waals surface area contributed by atoms with Crippen molar-refractivity contribution in [3.05, 3.63) is 0 Å². The summed E-state index contributed by atoms with van der Waals surface area (Å²) < 4.78 is 22.0. The molecule has 0 radical (unpaired) electrons. The molecule has 0 spiro atoms. The second-order valence-corrected chi connectivity index (χ2v) is 7.98. The van der Waals surface area contributed by atoms with Gasteiger partial charge in [-0.25, -0.2) is 8.42 Å². The first kappa shape index (κ1) is 16.8. The third-order valence-corrected chi connectivity index (χ3v) is 4.33. The van der Waals surface area contributed by atoms with E-state index in [0.29, 0.717) is 11.5 Å². The van der Waals surface area contributed by atoms with E-state index in [1.807, 2.05) is 25.8 Å². The van der Waals surface area contributed by atoms with Gasteiger partial charge in [-0.1, -0.05) is 26.1 Å². The van der Waals surface area contributed by atoms with Crippen molar-refractivity contribution in [2.45, 2.75) is 26.7 Å². The van der Waals surface area contributed by atoms with E-state index >= 15 is 0 Å². The van der Waals surface area contributed by atoms with E-state index in [-0.39, 0.29) is 11.2 Å².